The van der Waals surface area contributed by atoms with Gasteiger partial charge in [0.1, 0.15) is 18.1 Å². The second-order valence-corrected chi connectivity index (χ2v) is 10.4. The van der Waals surface area contributed by atoms with Crippen molar-refractivity contribution in [3.8, 4) is 0 Å². The molecule has 228 valence electrons. The molecule has 3 amide bonds. The van der Waals surface area contributed by atoms with Gasteiger partial charge in [0.05, 0.1) is 12.0 Å². The van der Waals surface area contributed by atoms with E-state index in [0.717, 1.165) is 29.7 Å². The van der Waals surface area contributed by atoms with E-state index in [9.17, 15) is 24.0 Å². The second-order valence-electron chi connectivity index (χ2n) is 10.4. The molecule has 2 N–H and O–H groups in total. The SMILES string of the molecule is CCCNC(=O)c1ccc(C)c(Nc2ncnn3cc(C(=O)N(CCC4CC4)C(=O)OCOC(=O)CCC=O)c(C)c23)c1. The summed E-state index contributed by atoms with van der Waals surface area (Å²) in [6, 6.07) is 5.33. The molecule has 1 aliphatic rings. The van der Waals surface area contributed by atoms with Gasteiger partial charge in [-0.3, -0.25) is 14.4 Å². The number of hydrogen-bond donors (Lipinski definition) is 2. The fraction of sp³-hybridized carbons (Fsp3) is 0.433. The molecular weight excluding hydrogens is 556 g/mol. The maximum absolute atomic E-state index is 13.7. The van der Waals surface area contributed by atoms with Crippen molar-refractivity contribution in [2.24, 2.45) is 5.92 Å². The van der Waals surface area contributed by atoms with Crippen molar-refractivity contribution in [3.05, 3.63) is 53.0 Å². The van der Waals surface area contributed by atoms with Crippen LogP contribution < -0.4 is 10.6 Å². The van der Waals surface area contributed by atoms with Crippen LogP contribution in [-0.4, -0.2) is 69.5 Å². The Kier molecular flexibility index (Phi) is 10.4. The minimum absolute atomic E-state index is 0.000691. The summed E-state index contributed by atoms with van der Waals surface area (Å²) in [6.45, 7) is 5.65. The van der Waals surface area contributed by atoms with E-state index in [1.807, 2.05) is 19.9 Å². The number of esters is 1. The number of carbonyl (C=O) groups excluding carboxylic acids is 5. The summed E-state index contributed by atoms with van der Waals surface area (Å²) in [7, 11) is 0. The lowest BCUT2D eigenvalue weighted by Crippen LogP contribution is -2.39. The van der Waals surface area contributed by atoms with Crippen molar-refractivity contribution in [2.75, 3.05) is 25.2 Å². The number of ether oxygens (including phenoxy) is 2. The lowest BCUT2D eigenvalue weighted by molar-refractivity contribution is -0.152. The number of fused-ring (bicyclic) bond motifs is 1. The highest BCUT2D eigenvalue weighted by Gasteiger charge is 2.31. The summed E-state index contributed by atoms with van der Waals surface area (Å²) in [5.74, 6) is -0.611. The van der Waals surface area contributed by atoms with E-state index in [0.29, 0.717) is 53.3 Å². The Bertz CT molecular complexity index is 1510. The summed E-state index contributed by atoms with van der Waals surface area (Å²) in [6.07, 6.45) is 5.90. The maximum Gasteiger partial charge on any atom is 0.419 e. The smallest absolute Gasteiger partial charge is 0.419 e. The van der Waals surface area contributed by atoms with Crippen LogP contribution in [0.3, 0.4) is 0 Å². The number of nitrogens with zero attached hydrogens (tertiary/aromatic N) is 4. The second kappa shape index (κ2) is 14.4. The maximum atomic E-state index is 13.7. The number of imide groups is 1. The molecule has 0 saturated heterocycles. The third-order valence-electron chi connectivity index (χ3n) is 7.14. The van der Waals surface area contributed by atoms with Gasteiger partial charge in [-0.15, -0.1) is 0 Å². The van der Waals surface area contributed by atoms with Crippen LogP contribution in [0.4, 0.5) is 16.3 Å². The van der Waals surface area contributed by atoms with E-state index < -0.39 is 24.8 Å². The van der Waals surface area contributed by atoms with E-state index in [4.69, 9.17) is 9.47 Å². The Hall–Kier alpha value is -4.81. The molecule has 13 heteroatoms. The number of aldehydes is 1. The van der Waals surface area contributed by atoms with Crippen molar-refractivity contribution in [2.45, 2.75) is 59.3 Å². The zero-order chi connectivity index (χ0) is 30.9. The predicted molar refractivity (Wildman–Crippen MR) is 156 cm³/mol. The van der Waals surface area contributed by atoms with Crippen molar-refractivity contribution in [1.82, 2.24) is 24.8 Å². The molecule has 13 nitrogen and oxygen atoms in total. The molecule has 0 bridgehead atoms. The topological polar surface area (TPSA) is 161 Å². The number of rotatable bonds is 14. The molecule has 1 fully saturated rings. The average molecular weight is 593 g/mol. The van der Waals surface area contributed by atoms with Gasteiger partial charge in [0.2, 0.25) is 6.79 Å². The molecule has 2 aromatic heterocycles. The first-order valence-corrected chi connectivity index (χ1v) is 14.3. The molecule has 0 spiro atoms. The molecule has 43 heavy (non-hydrogen) atoms. The highest BCUT2D eigenvalue weighted by Crippen LogP contribution is 2.33. The first-order chi connectivity index (χ1) is 20.7. The van der Waals surface area contributed by atoms with Gasteiger partial charge < -0.3 is 24.9 Å². The minimum Gasteiger partial charge on any atom is -0.428 e. The van der Waals surface area contributed by atoms with E-state index in [2.05, 4.69) is 20.7 Å². The Morgan fingerprint density at radius 3 is 2.67 bits per heavy atom. The molecule has 0 atom stereocenters. The molecule has 3 aromatic rings. The summed E-state index contributed by atoms with van der Waals surface area (Å²) in [5, 5.41) is 10.4. The fourth-order valence-corrected chi connectivity index (χ4v) is 4.45. The van der Waals surface area contributed by atoms with Crippen molar-refractivity contribution >= 4 is 47.2 Å². The molecule has 0 unspecified atom stereocenters. The summed E-state index contributed by atoms with van der Waals surface area (Å²) in [5.41, 5.74) is 3.32. The van der Waals surface area contributed by atoms with Crippen LogP contribution in [0, 0.1) is 19.8 Å². The number of nitrogens with one attached hydrogen (secondary N) is 2. The van der Waals surface area contributed by atoms with Gasteiger partial charge in [0, 0.05) is 37.0 Å². The number of anilines is 2. The van der Waals surface area contributed by atoms with Crippen LogP contribution in [0.2, 0.25) is 0 Å². The van der Waals surface area contributed by atoms with Crippen molar-refractivity contribution in [3.63, 3.8) is 0 Å². The monoisotopic (exact) mass is 592 g/mol. The number of carbonyl (C=O) groups is 5. The highest BCUT2D eigenvalue weighted by atomic mass is 16.7. The van der Waals surface area contributed by atoms with E-state index in [1.165, 1.54) is 17.0 Å². The van der Waals surface area contributed by atoms with Crippen molar-refractivity contribution < 1.29 is 33.4 Å². The van der Waals surface area contributed by atoms with Gasteiger partial charge in [-0.2, -0.15) is 5.10 Å². The van der Waals surface area contributed by atoms with Crippen LogP contribution in [0.5, 0.6) is 0 Å². The van der Waals surface area contributed by atoms with Gasteiger partial charge in [-0.25, -0.2) is 19.2 Å². The number of amides is 3. The molecule has 1 aromatic carbocycles. The van der Waals surface area contributed by atoms with Gasteiger partial charge in [-0.1, -0.05) is 25.8 Å². The average Bonchev–Trinajstić information content (AvgIpc) is 3.76. The van der Waals surface area contributed by atoms with Crippen LogP contribution >= 0.6 is 0 Å². The number of benzene rings is 1. The van der Waals surface area contributed by atoms with E-state index in [-0.39, 0.29) is 30.9 Å². The standard InChI is InChI=1S/C30H36N6O7/c1-4-12-31-28(39)22-10-7-19(2)24(15-22)34-27-26-20(3)23(16-36(26)33-17-32-27)29(40)35(13-11-21-8-9-21)30(41)43-18-42-25(38)6-5-14-37/h7,10,14-17,21H,4-6,8-9,11-13,18H2,1-3H3,(H,31,39)(H,32,33,34). The number of aryl methyl sites for hydroxylation is 2. The quantitative estimate of drug-likeness (QED) is 0.158. The van der Waals surface area contributed by atoms with Crippen LogP contribution in [0.1, 0.15) is 77.3 Å². The summed E-state index contributed by atoms with van der Waals surface area (Å²) >= 11 is 0. The van der Waals surface area contributed by atoms with Crippen LogP contribution in [-0.2, 0) is 19.1 Å². The van der Waals surface area contributed by atoms with Gasteiger partial charge in [0.15, 0.2) is 5.82 Å². The Morgan fingerprint density at radius 1 is 1.16 bits per heavy atom. The summed E-state index contributed by atoms with van der Waals surface area (Å²) in [4.78, 5) is 66.7. The van der Waals surface area contributed by atoms with Gasteiger partial charge in [0.25, 0.3) is 11.8 Å². The normalized spacial score (nSPS) is 12.4. The van der Waals surface area contributed by atoms with E-state index in [1.54, 1.807) is 19.1 Å². The fourth-order valence-electron chi connectivity index (χ4n) is 4.45. The third kappa shape index (κ3) is 7.93. The van der Waals surface area contributed by atoms with Crippen LogP contribution in [0.15, 0.2) is 30.7 Å². The molecular formula is C30H36N6O7. The molecule has 1 aliphatic carbocycles. The zero-order valence-corrected chi connectivity index (χ0v) is 24.6. The number of aromatic nitrogens is 3. The minimum atomic E-state index is -0.943. The van der Waals surface area contributed by atoms with E-state index >= 15 is 0 Å². The number of hydrogen-bond acceptors (Lipinski definition) is 10. The first-order valence-electron chi connectivity index (χ1n) is 14.3. The Labute approximate surface area is 248 Å². The Balaban J connectivity index is 1.56. The Morgan fingerprint density at radius 2 is 1.95 bits per heavy atom. The molecule has 1 saturated carbocycles. The van der Waals surface area contributed by atoms with Gasteiger partial charge >= 0.3 is 12.1 Å². The highest BCUT2D eigenvalue weighted by molar-refractivity contribution is 6.05. The predicted octanol–water partition coefficient (Wildman–Crippen LogP) is 4.09. The first kappa shape index (κ1) is 31.1. The van der Waals surface area contributed by atoms with Crippen LogP contribution in [0.25, 0.3) is 5.52 Å². The largest absolute Gasteiger partial charge is 0.428 e. The lowest BCUT2D eigenvalue weighted by atomic mass is 10.1. The molecule has 2 heterocycles. The van der Waals surface area contributed by atoms with Crippen molar-refractivity contribution in [1.29, 1.82) is 0 Å². The molecule has 0 aliphatic heterocycles. The lowest BCUT2D eigenvalue weighted by Gasteiger charge is -2.20. The molecule has 0 radical (unpaired) electrons. The zero-order valence-electron chi connectivity index (χ0n) is 24.6. The molecule has 4 rings (SSSR count). The third-order valence-corrected chi connectivity index (χ3v) is 7.14. The summed E-state index contributed by atoms with van der Waals surface area (Å²) < 4.78 is 11.4. The van der Waals surface area contributed by atoms with Gasteiger partial charge in [-0.05, 0) is 55.9 Å².